The van der Waals surface area contributed by atoms with Gasteiger partial charge in [-0.1, -0.05) is 0 Å². The van der Waals surface area contributed by atoms with E-state index in [1.54, 1.807) is 45.9 Å². The summed E-state index contributed by atoms with van der Waals surface area (Å²) in [5, 5.41) is 2.99. The van der Waals surface area contributed by atoms with Crippen LogP contribution in [0.15, 0.2) is 30.6 Å². The molecule has 2 aromatic rings. The molecule has 162 valence electrons. The van der Waals surface area contributed by atoms with Crippen LogP contribution in [0.1, 0.15) is 5.56 Å². The summed E-state index contributed by atoms with van der Waals surface area (Å²) in [4.78, 5) is 25.5. The van der Waals surface area contributed by atoms with E-state index in [1.165, 1.54) is 0 Å². The third kappa shape index (κ3) is 5.50. The van der Waals surface area contributed by atoms with Crippen LogP contribution in [0.5, 0.6) is 17.2 Å². The maximum Gasteiger partial charge on any atom is 0.225 e. The summed E-state index contributed by atoms with van der Waals surface area (Å²) in [6.07, 6.45) is 3.77. The molecule has 2 heterocycles. The molecule has 0 saturated carbocycles. The van der Waals surface area contributed by atoms with Crippen LogP contribution in [0.25, 0.3) is 0 Å². The molecular weight excluding hydrogens is 386 g/mol. The second-order valence-corrected chi connectivity index (χ2v) is 6.94. The Morgan fingerprint density at radius 3 is 2.20 bits per heavy atom. The van der Waals surface area contributed by atoms with Gasteiger partial charge in [-0.2, -0.15) is 0 Å². The van der Waals surface area contributed by atoms with Crippen LogP contribution in [0.4, 0.5) is 5.95 Å². The van der Waals surface area contributed by atoms with Crippen LogP contribution in [0.2, 0.25) is 0 Å². The smallest absolute Gasteiger partial charge is 0.225 e. The first kappa shape index (κ1) is 21.6. The highest BCUT2D eigenvalue weighted by Crippen LogP contribution is 2.38. The van der Waals surface area contributed by atoms with E-state index in [0.717, 1.165) is 44.2 Å². The second kappa shape index (κ2) is 10.6. The Labute approximate surface area is 177 Å². The fourth-order valence-electron chi connectivity index (χ4n) is 3.46. The van der Waals surface area contributed by atoms with Gasteiger partial charge in [0.05, 0.1) is 27.8 Å². The second-order valence-electron chi connectivity index (χ2n) is 6.94. The van der Waals surface area contributed by atoms with Crippen molar-refractivity contribution in [3.05, 3.63) is 36.2 Å². The molecule has 0 spiro atoms. The normalized spacial score (nSPS) is 14.3. The lowest BCUT2D eigenvalue weighted by Gasteiger charge is -2.34. The SMILES string of the molecule is COc1cc(CC(=O)NCCN2CCN(c3ncccn3)CC2)cc(OC)c1OC. The molecule has 0 aliphatic carbocycles. The summed E-state index contributed by atoms with van der Waals surface area (Å²) in [5.74, 6) is 2.33. The van der Waals surface area contributed by atoms with Gasteiger partial charge in [0.25, 0.3) is 0 Å². The number of nitrogens with one attached hydrogen (secondary N) is 1. The third-order valence-corrected chi connectivity index (χ3v) is 5.05. The van der Waals surface area contributed by atoms with E-state index >= 15 is 0 Å². The first-order chi connectivity index (χ1) is 14.6. The van der Waals surface area contributed by atoms with E-state index in [4.69, 9.17) is 14.2 Å². The molecule has 30 heavy (non-hydrogen) atoms. The zero-order valence-corrected chi connectivity index (χ0v) is 17.8. The molecule has 1 aliphatic heterocycles. The number of carbonyl (C=O) groups excluding carboxylic acids is 1. The minimum absolute atomic E-state index is 0.0411. The van der Waals surface area contributed by atoms with E-state index in [1.807, 2.05) is 6.07 Å². The minimum Gasteiger partial charge on any atom is -0.493 e. The largest absolute Gasteiger partial charge is 0.493 e. The van der Waals surface area contributed by atoms with Gasteiger partial charge in [0.2, 0.25) is 17.6 Å². The minimum atomic E-state index is -0.0411. The Balaban J connectivity index is 1.43. The molecule has 1 aromatic heterocycles. The van der Waals surface area contributed by atoms with Gasteiger partial charge < -0.3 is 24.4 Å². The van der Waals surface area contributed by atoms with Gasteiger partial charge in [0.1, 0.15) is 0 Å². The van der Waals surface area contributed by atoms with Crippen LogP contribution in [0, 0.1) is 0 Å². The topological polar surface area (TPSA) is 89.1 Å². The van der Waals surface area contributed by atoms with E-state index < -0.39 is 0 Å². The number of carbonyl (C=O) groups is 1. The molecule has 0 atom stereocenters. The van der Waals surface area contributed by atoms with Crippen LogP contribution in [-0.4, -0.2) is 81.4 Å². The summed E-state index contributed by atoms with van der Waals surface area (Å²) < 4.78 is 16.0. The molecule has 0 unspecified atom stereocenters. The average Bonchev–Trinajstić information content (AvgIpc) is 2.79. The Hall–Kier alpha value is -3.07. The van der Waals surface area contributed by atoms with Crippen LogP contribution in [-0.2, 0) is 11.2 Å². The summed E-state index contributed by atoms with van der Waals surface area (Å²) in [7, 11) is 4.68. The van der Waals surface area contributed by atoms with Crippen molar-refractivity contribution < 1.29 is 19.0 Å². The molecule has 1 fully saturated rings. The molecule has 1 saturated heterocycles. The molecule has 1 aromatic carbocycles. The maximum absolute atomic E-state index is 12.4. The molecule has 1 N–H and O–H groups in total. The molecular formula is C21H29N5O4. The van der Waals surface area contributed by atoms with Gasteiger partial charge in [-0.15, -0.1) is 0 Å². The highest BCUT2D eigenvalue weighted by Gasteiger charge is 2.19. The van der Waals surface area contributed by atoms with Crippen molar-refractivity contribution >= 4 is 11.9 Å². The predicted molar refractivity (Wildman–Crippen MR) is 113 cm³/mol. The summed E-state index contributed by atoms with van der Waals surface area (Å²) >= 11 is 0. The van der Waals surface area contributed by atoms with Crippen LogP contribution < -0.4 is 24.4 Å². The Morgan fingerprint density at radius 1 is 1.00 bits per heavy atom. The third-order valence-electron chi connectivity index (χ3n) is 5.05. The first-order valence-corrected chi connectivity index (χ1v) is 9.94. The summed E-state index contributed by atoms with van der Waals surface area (Å²) in [6.45, 7) is 5.00. The van der Waals surface area contributed by atoms with Gasteiger partial charge in [0.15, 0.2) is 11.5 Å². The number of hydrogen-bond acceptors (Lipinski definition) is 8. The number of amides is 1. The quantitative estimate of drug-likeness (QED) is 0.649. The van der Waals surface area contributed by atoms with Crippen molar-refractivity contribution in [2.24, 2.45) is 0 Å². The number of piperazine rings is 1. The molecule has 3 rings (SSSR count). The van der Waals surface area contributed by atoms with Crippen molar-refractivity contribution in [2.75, 3.05) is 65.5 Å². The van der Waals surface area contributed by atoms with Crippen LogP contribution in [0.3, 0.4) is 0 Å². The predicted octanol–water partition coefficient (Wildman–Crippen LogP) is 0.983. The monoisotopic (exact) mass is 415 g/mol. The Bertz CT molecular complexity index is 800. The zero-order chi connectivity index (χ0) is 21.3. The van der Waals surface area contributed by atoms with Crippen molar-refractivity contribution in [1.29, 1.82) is 0 Å². The first-order valence-electron chi connectivity index (χ1n) is 9.94. The number of hydrogen-bond donors (Lipinski definition) is 1. The Kier molecular flexibility index (Phi) is 7.67. The fraction of sp³-hybridized carbons (Fsp3) is 0.476. The number of benzene rings is 1. The lowest BCUT2D eigenvalue weighted by molar-refractivity contribution is -0.120. The van der Waals surface area contributed by atoms with Gasteiger partial charge in [-0.25, -0.2) is 9.97 Å². The fourth-order valence-corrected chi connectivity index (χ4v) is 3.46. The summed E-state index contributed by atoms with van der Waals surface area (Å²) in [5.41, 5.74) is 0.804. The van der Waals surface area contributed by atoms with Crippen molar-refractivity contribution in [2.45, 2.75) is 6.42 Å². The van der Waals surface area contributed by atoms with Gasteiger partial charge >= 0.3 is 0 Å². The lowest BCUT2D eigenvalue weighted by Crippen LogP contribution is -2.49. The van der Waals surface area contributed by atoms with E-state index in [0.29, 0.717) is 23.8 Å². The number of methoxy groups -OCH3 is 3. The number of rotatable bonds is 9. The highest BCUT2D eigenvalue weighted by molar-refractivity contribution is 5.79. The molecule has 1 aliphatic rings. The van der Waals surface area contributed by atoms with E-state index in [9.17, 15) is 4.79 Å². The van der Waals surface area contributed by atoms with E-state index in [2.05, 4.69) is 25.1 Å². The van der Waals surface area contributed by atoms with E-state index in [-0.39, 0.29) is 12.3 Å². The number of nitrogens with zero attached hydrogens (tertiary/aromatic N) is 4. The standard InChI is InChI=1S/C21H29N5O4/c1-28-17-13-16(14-18(29-2)20(17)30-3)15-19(27)22-7-8-25-9-11-26(12-10-25)21-23-5-4-6-24-21/h4-6,13-14H,7-12,15H2,1-3H3,(H,22,27). The number of anilines is 1. The van der Waals surface area contributed by atoms with Gasteiger partial charge in [0, 0.05) is 51.7 Å². The molecule has 0 radical (unpaired) electrons. The summed E-state index contributed by atoms with van der Waals surface area (Å²) in [6, 6.07) is 5.41. The number of aromatic nitrogens is 2. The van der Waals surface area contributed by atoms with Crippen LogP contribution >= 0.6 is 0 Å². The molecule has 9 heteroatoms. The Morgan fingerprint density at radius 2 is 1.63 bits per heavy atom. The highest BCUT2D eigenvalue weighted by atomic mass is 16.5. The molecule has 1 amide bonds. The van der Waals surface area contributed by atoms with Crippen molar-refractivity contribution in [3.63, 3.8) is 0 Å². The maximum atomic E-state index is 12.4. The van der Waals surface area contributed by atoms with Crippen molar-refractivity contribution in [1.82, 2.24) is 20.2 Å². The lowest BCUT2D eigenvalue weighted by atomic mass is 10.1. The number of ether oxygens (including phenoxy) is 3. The van der Waals surface area contributed by atoms with Gasteiger partial charge in [-0.3, -0.25) is 9.69 Å². The molecule has 0 bridgehead atoms. The zero-order valence-electron chi connectivity index (χ0n) is 17.8. The molecule has 9 nitrogen and oxygen atoms in total. The van der Waals surface area contributed by atoms with Crippen molar-refractivity contribution in [3.8, 4) is 17.2 Å². The average molecular weight is 415 g/mol. The van der Waals surface area contributed by atoms with Gasteiger partial charge in [-0.05, 0) is 23.8 Å².